The molecule has 0 aromatic carbocycles. The highest BCUT2D eigenvalue weighted by molar-refractivity contribution is 4.93. The van der Waals surface area contributed by atoms with Crippen LogP contribution in [0.3, 0.4) is 0 Å². The first kappa shape index (κ1) is 10.1. The first-order valence-electron chi connectivity index (χ1n) is 4.78. The average Bonchev–Trinajstić information content (AvgIpc) is 2.19. The Hall–Kier alpha value is -0.960. The van der Waals surface area contributed by atoms with E-state index in [9.17, 15) is 0 Å². The van der Waals surface area contributed by atoms with E-state index in [2.05, 4.69) is 29.1 Å². The predicted octanol–water partition coefficient (Wildman–Crippen LogP) is 1.61. The van der Waals surface area contributed by atoms with Gasteiger partial charge in [0.25, 0.3) is 0 Å². The van der Waals surface area contributed by atoms with Crippen LogP contribution in [0.1, 0.15) is 26.0 Å². The molecule has 1 atom stereocenters. The molecule has 3 nitrogen and oxygen atoms in total. The van der Waals surface area contributed by atoms with Gasteiger partial charge in [-0.1, -0.05) is 20.3 Å². The van der Waals surface area contributed by atoms with Gasteiger partial charge in [0.05, 0.1) is 5.69 Å². The molecule has 0 aliphatic carbocycles. The SMILES string of the molecule is CCC(C)CNCc1cnccn1. The van der Waals surface area contributed by atoms with Crippen LogP contribution in [-0.2, 0) is 6.54 Å². The van der Waals surface area contributed by atoms with Gasteiger partial charge in [0.2, 0.25) is 0 Å². The summed E-state index contributed by atoms with van der Waals surface area (Å²) in [5.41, 5.74) is 1.01. The summed E-state index contributed by atoms with van der Waals surface area (Å²) in [5, 5.41) is 3.35. The van der Waals surface area contributed by atoms with Gasteiger partial charge in [-0.25, -0.2) is 0 Å². The number of nitrogens with one attached hydrogen (secondary N) is 1. The van der Waals surface area contributed by atoms with Gasteiger partial charge in [-0.2, -0.15) is 0 Å². The Kier molecular flexibility index (Phi) is 4.40. The number of hydrogen-bond acceptors (Lipinski definition) is 3. The molecule has 1 unspecified atom stereocenters. The number of rotatable bonds is 5. The molecule has 1 rings (SSSR count). The maximum Gasteiger partial charge on any atom is 0.0724 e. The molecule has 0 aliphatic heterocycles. The fourth-order valence-corrected chi connectivity index (χ4v) is 1.01. The lowest BCUT2D eigenvalue weighted by molar-refractivity contribution is 0.497. The molecule has 0 radical (unpaired) electrons. The lowest BCUT2D eigenvalue weighted by Gasteiger charge is -2.08. The third-order valence-electron chi connectivity index (χ3n) is 2.11. The molecule has 72 valence electrons. The van der Waals surface area contributed by atoms with Crippen molar-refractivity contribution in [3.8, 4) is 0 Å². The molecule has 1 heterocycles. The topological polar surface area (TPSA) is 37.8 Å². The summed E-state index contributed by atoms with van der Waals surface area (Å²) in [6.07, 6.45) is 6.43. The maximum absolute atomic E-state index is 4.18. The van der Waals surface area contributed by atoms with Crippen LogP contribution >= 0.6 is 0 Å². The molecule has 1 aromatic heterocycles. The van der Waals surface area contributed by atoms with E-state index in [-0.39, 0.29) is 0 Å². The van der Waals surface area contributed by atoms with Crippen LogP contribution < -0.4 is 5.32 Å². The van der Waals surface area contributed by atoms with E-state index in [1.54, 1.807) is 18.6 Å². The van der Waals surface area contributed by atoms with Gasteiger partial charge >= 0.3 is 0 Å². The molecule has 0 aliphatic rings. The first-order valence-corrected chi connectivity index (χ1v) is 4.78. The van der Waals surface area contributed by atoms with E-state index < -0.39 is 0 Å². The normalized spacial score (nSPS) is 12.8. The smallest absolute Gasteiger partial charge is 0.0724 e. The minimum Gasteiger partial charge on any atom is -0.311 e. The Bertz CT molecular complexity index is 223. The molecule has 0 saturated heterocycles. The Morgan fingerprint density at radius 3 is 2.92 bits per heavy atom. The number of hydrogen-bond donors (Lipinski definition) is 1. The van der Waals surface area contributed by atoms with Gasteiger partial charge in [0, 0.05) is 25.1 Å². The summed E-state index contributed by atoms with van der Waals surface area (Å²) in [7, 11) is 0. The van der Waals surface area contributed by atoms with Crippen LogP contribution in [0.25, 0.3) is 0 Å². The highest BCUT2D eigenvalue weighted by Crippen LogP contribution is 1.98. The molecule has 1 N–H and O–H groups in total. The zero-order valence-corrected chi connectivity index (χ0v) is 8.33. The average molecular weight is 179 g/mol. The van der Waals surface area contributed by atoms with Gasteiger partial charge in [-0.05, 0) is 12.5 Å². The highest BCUT2D eigenvalue weighted by Gasteiger charge is 1.98. The predicted molar refractivity (Wildman–Crippen MR) is 53.2 cm³/mol. The first-order chi connectivity index (χ1) is 6.33. The third kappa shape index (κ3) is 3.99. The second kappa shape index (κ2) is 5.65. The summed E-state index contributed by atoms with van der Waals surface area (Å²) in [4.78, 5) is 8.18. The highest BCUT2D eigenvalue weighted by atomic mass is 14.9. The van der Waals surface area contributed by atoms with Crippen molar-refractivity contribution in [1.82, 2.24) is 15.3 Å². The zero-order chi connectivity index (χ0) is 9.52. The van der Waals surface area contributed by atoms with E-state index in [1.807, 2.05) is 0 Å². The lowest BCUT2D eigenvalue weighted by Crippen LogP contribution is -2.20. The Morgan fingerprint density at radius 2 is 2.31 bits per heavy atom. The van der Waals surface area contributed by atoms with Crippen LogP contribution in [0.15, 0.2) is 18.6 Å². The van der Waals surface area contributed by atoms with Crippen molar-refractivity contribution in [2.24, 2.45) is 5.92 Å². The summed E-state index contributed by atoms with van der Waals surface area (Å²) < 4.78 is 0. The van der Waals surface area contributed by atoms with E-state index in [0.717, 1.165) is 24.7 Å². The maximum atomic E-state index is 4.18. The minimum atomic E-state index is 0.733. The monoisotopic (exact) mass is 179 g/mol. The summed E-state index contributed by atoms with van der Waals surface area (Å²) in [6.45, 7) is 6.31. The van der Waals surface area contributed by atoms with Crippen molar-refractivity contribution in [1.29, 1.82) is 0 Å². The Balaban J connectivity index is 2.20. The fraction of sp³-hybridized carbons (Fsp3) is 0.600. The van der Waals surface area contributed by atoms with Crippen molar-refractivity contribution in [3.63, 3.8) is 0 Å². The number of nitrogens with zero attached hydrogens (tertiary/aromatic N) is 2. The van der Waals surface area contributed by atoms with Gasteiger partial charge in [-0.15, -0.1) is 0 Å². The van der Waals surface area contributed by atoms with E-state index >= 15 is 0 Å². The third-order valence-corrected chi connectivity index (χ3v) is 2.11. The molecule has 0 saturated carbocycles. The van der Waals surface area contributed by atoms with Crippen molar-refractivity contribution in [2.45, 2.75) is 26.8 Å². The molecule has 0 bridgehead atoms. The van der Waals surface area contributed by atoms with Gasteiger partial charge in [0.15, 0.2) is 0 Å². The van der Waals surface area contributed by atoms with Gasteiger partial charge in [-0.3, -0.25) is 9.97 Å². The molecule has 1 aromatic rings. The Labute approximate surface area is 79.6 Å². The summed E-state index contributed by atoms with van der Waals surface area (Å²) >= 11 is 0. The Morgan fingerprint density at radius 1 is 1.46 bits per heavy atom. The van der Waals surface area contributed by atoms with Crippen LogP contribution in [0.2, 0.25) is 0 Å². The molecule has 3 heteroatoms. The van der Waals surface area contributed by atoms with Crippen LogP contribution in [0.4, 0.5) is 0 Å². The quantitative estimate of drug-likeness (QED) is 0.746. The molecule has 0 amide bonds. The van der Waals surface area contributed by atoms with Crippen LogP contribution in [0.5, 0.6) is 0 Å². The largest absolute Gasteiger partial charge is 0.311 e. The van der Waals surface area contributed by atoms with E-state index in [0.29, 0.717) is 0 Å². The van der Waals surface area contributed by atoms with Crippen molar-refractivity contribution in [3.05, 3.63) is 24.3 Å². The van der Waals surface area contributed by atoms with Crippen molar-refractivity contribution >= 4 is 0 Å². The van der Waals surface area contributed by atoms with Gasteiger partial charge in [0.1, 0.15) is 0 Å². The van der Waals surface area contributed by atoms with Gasteiger partial charge < -0.3 is 5.32 Å². The standard InChI is InChI=1S/C10H17N3/c1-3-9(2)6-12-8-10-7-11-4-5-13-10/h4-5,7,9,12H,3,6,8H2,1-2H3. The lowest BCUT2D eigenvalue weighted by atomic mass is 10.1. The molecule has 13 heavy (non-hydrogen) atoms. The molecule has 0 fully saturated rings. The van der Waals surface area contributed by atoms with Crippen LogP contribution in [-0.4, -0.2) is 16.5 Å². The van der Waals surface area contributed by atoms with Crippen molar-refractivity contribution < 1.29 is 0 Å². The molecule has 0 spiro atoms. The van der Waals surface area contributed by atoms with E-state index in [4.69, 9.17) is 0 Å². The summed E-state index contributed by atoms with van der Waals surface area (Å²) in [5.74, 6) is 0.733. The minimum absolute atomic E-state index is 0.733. The second-order valence-electron chi connectivity index (χ2n) is 3.34. The van der Waals surface area contributed by atoms with E-state index in [1.165, 1.54) is 6.42 Å². The molecular weight excluding hydrogens is 162 g/mol. The van der Waals surface area contributed by atoms with Crippen molar-refractivity contribution in [2.75, 3.05) is 6.54 Å². The fourth-order valence-electron chi connectivity index (χ4n) is 1.01. The zero-order valence-electron chi connectivity index (χ0n) is 8.33. The molecular formula is C10H17N3. The van der Waals surface area contributed by atoms with Crippen LogP contribution in [0, 0.1) is 5.92 Å². The second-order valence-corrected chi connectivity index (χ2v) is 3.34. The summed E-state index contributed by atoms with van der Waals surface area (Å²) in [6, 6.07) is 0. The number of aromatic nitrogens is 2.